The summed E-state index contributed by atoms with van der Waals surface area (Å²) in [6.07, 6.45) is 1.52. The molecule has 5 nitrogen and oxygen atoms in total. The monoisotopic (exact) mass is 256 g/mol. The van der Waals surface area contributed by atoms with Gasteiger partial charge in [-0.3, -0.25) is 4.79 Å². The van der Waals surface area contributed by atoms with E-state index in [-0.39, 0.29) is 5.91 Å². The van der Waals surface area contributed by atoms with Crippen molar-refractivity contribution in [2.45, 2.75) is 46.1 Å². The molecule has 18 heavy (non-hydrogen) atoms. The molecule has 1 saturated heterocycles. The van der Waals surface area contributed by atoms with Crippen LogP contribution < -0.4 is 5.32 Å². The number of nitrogens with one attached hydrogen (secondary N) is 1. The first-order valence-electron chi connectivity index (χ1n) is 6.52. The number of carbonyl (C=O) groups is 2. The van der Waals surface area contributed by atoms with Gasteiger partial charge < -0.3 is 15.3 Å². The van der Waals surface area contributed by atoms with Crippen molar-refractivity contribution in [1.29, 1.82) is 0 Å². The Labute approximate surface area is 109 Å². The predicted molar refractivity (Wildman–Crippen MR) is 69.3 cm³/mol. The van der Waals surface area contributed by atoms with Gasteiger partial charge in [-0.25, -0.2) is 4.79 Å². The number of carbonyl (C=O) groups excluding carboxylic acids is 1. The number of hydrogen-bond donors (Lipinski definition) is 2. The van der Waals surface area contributed by atoms with Crippen LogP contribution in [-0.4, -0.2) is 47.1 Å². The highest BCUT2D eigenvalue weighted by atomic mass is 16.4. The molecule has 1 aliphatic rings. The minimum Gasteiger partial charge on any atom is -0.480 e. The first-order valence-corrected chi connectivity index (χ1v) is 6.52. The van der Waals surface area contributed by atoms with Gasteiger partial charge in [-0.05, 0) is 46.7 Å². The zero-order valence-electron chi connectivity index (χ0n) is 11.7. The van der Waals surface area contributed by atoms with E-state index in [4.69, 9.17) is 0 Å². The smallest absolute Gasteiger partial charge is 0.329 e. The number of rotatable bonds is 4. The van der Waals surface area contributed by atoms with E-state index >= 15 is 0 Å². The summed E-state index contributed by atoms with van der Waals surface area (Å²) < 4.78 is 0. The summed E-state index contributed by atoms with van der Waals surface area (Å²) in [6, 6.07) is 0. The fraction of sp³-hybridized carbons (Fsp3) is 0.846. The summed E-state index contributed by atoms with van der Waals surface area (Å²) >= 11 is 0. The summed E-state index contributed by atoms with van der Waals surface area (Å²) in [7, 11) is 0. The molecule has 0 bridgehead atoms. The van der Waals surface area contributed by atoms with E-state index in [9.17, 15) is 14.7 Å². The normalized spacial score (nSPS) is 19.3. The third kappa shape index (κ3) is 2.66. The van der Waals surface area contributed by atoms with Gasteiger partial charge in [0.15, 0.2) is 0 Å². The lowest BCUT2D eigenvalue weighted by atomic mass is 9.78. The van der Waals surface area contributed by atoms with Gasteiger partial charge in [0.25, 0.3) is 0 Å². The Hall–Kier alpha value is -1.10. The number of amides is 1. The van der Waals surface area contributed by atoms with Crippen molar-refractivity contribution in [3.05, 3.63) is 0 Å². The zero-order chi connectivity index (χ0) is 14.0. The molecule has 2 N–H and O–H groups in total. The van der Waals surface area contributed by atoms with Crippen LogP contribution in [0.4, 0.5) is 0 Å². The van der Waals surface area contributed by atoms with E-state index in [1.807, 2.05) is 13.8 Å². The molecule has 0 saturated carbocycles. The highest BCUT2D eigenvalue weighted by Gasteiger charge is 2.44. The second-order valence-electron chi connectivity index (χ2n) is 5.72. The number of aliphatic carboxylic acids is 1. The average Bonchev–Trinajstić information content (AvgIpc) is 2.30. The number of hydrogen-bond acceptors (Lipinski definition) is 3. The Balaban J connectivity index is 2.95. The van der Waals surface area contributed by atoms with Gasteiger partial charge in [0.1, 0.15) is 5.54 Å². The molecule has 104 valence electrons. The molecule has 0 unspecified atom stereocenters. The SMILES string of the molecule is CCN(C(=O)C1(C)CCNCC1)C(C)(C)C(=O)O. The van der Waals surface area contributed by atoms with E-state index in [0.29, 0.717) is 6.54 Å². The van der Waals surface area contributed by atoms with E-state index in [0.717, 1.165) is 25.9 Å². The summed E-state index contributed by atoms with van der Waals surface area (Å²) in [5.41, 5.74) is -1.59. The quantitative estimate of drug-likeness (QED) is 0.790. The van der Waals surface area contributed by atoms with Crippen molar-refractivity contribution in [3.8, 4) is 0 Å². The Bertz CT molecular complexity index is 333. The summed E-state index contributed by atoms with van der Waals surface area (Å²) in [5, 5.41) is 12.5. The van der Waals surface area contributed by atoms with Crippen molar-refractivity contribution in [3.63, 3.8) is 0 Å². The Morgan fingerprint density at radius 2 is 1.83 bits per heavy atom. The van der Waals surface area contributed by atoms with Crippen LogP contribution in [-0.2, 0) is 9.59 Å². The van der Waals surface area contributed by atoms with Gasteiger partial charge in [0.2, 0.25) is 5.91 Å². The molecule has 1 aliphatic heterocycles. The van der Waals surface area contributed by atoms with E-state index < -0.39 is 16.9 Å². The number of nitrogens with zero attached hydrogens (tertiary/aromatic N) is 1. The lowest BCUT2D eigenvalue weighted by Crippen LogP contribution is -2.58. The molecule has 0 spiro atoms. The average molecular weight is 256 g/mol. The molecular formula is C13H24N2O3. The highest BCUT2D eigenvalue weighted by molar-refractivity contribution is 5.89. The third-order valence-corrected chi connectivity index (χ3v) is 3.98. The van der Waals surface area contributed by atoms with Crippen LogP contribution in [0.5, 0.6) is 0 Å². The molecular weight excluding hydrogens is 232 g/mol. The molecule has 0 radical (unpaired) electrons. The van der Waals surface area contributed by atoms with Crippen molar-refractivity contribution in [2.24, 2.45) is 5.41 Å². The highest BCUT2D eigenvalue weighted by Crippen LogP contribution is 2.32. The van der Waals surface area contributed by atoms with Crippen molar-refractivity contribution < 1.29 is 14.7 Å². The maximum Gasteiger partial charge on any atom is 0.329 e. The van der Waals surface area contributed by atoms with E-state index in [2.05, 4.69) is 5.32 Å². The van der Waals surface area contributed by atoms with Crippen LogP contribution in [0, 0.1) is 5.41 Å². The molecule has 0 aromatic rings. The maximum atomic E-state index is 12.6. The Morgan fingerprint density at radius 1 is 1.33 bits per heavy atom. The molecule has 0 atom stereocenters. The lowest BCUT2D eigenvalue weighted by Gasteiger charge is -2.42. The first kappa shape index (κ1) is 15.0. The largest absolute Gasteiger partial charge is 0.480 e. The molecule has 1 amide bonds. The van der Waals surface area contributed by atoms with E-state index in [1.54, 1.807) is 13.8 Å². The number of piperidine rings is 1. The standard InChI is InChI=1S/C13H24N2O3/c1-5-15(12(2,3)11(17)18)10(16)13(4)6-8-14-9-7-13/h14H,5-9H2,1-4H3,(H,17,18). The molecule has 1 rings (SSSR count). The van der Waals surface area contributed by atoms with Crippen molar-refractivity contribution >= 4 is 11.9 Å². The molecule has 0 aliphatic carbocycles. The third-order valence-electron chi connectivity index (χ3n) is 3.98. The number of likely N-dealkylation sites (N-methyl/N-ethyl adjacent to an activating group) is 1. The molecule has 0 aromatic heterocycles. The van der Waals surface area contributed by atoms with Crippen LogP contribution in [0.25, 0.3) is 0 Å². The second kappa shape index (κ2) is 5.26. The summed E-state index contributed by atoms with van der Waals surface area (Å²) in [6.45, 7) is 8.98. The van der Waals surface area contributed by atoms with Crippen LogP contribution in [0.2, 0.25) is 0 Å². The minimum atomic E-state index is -1.15. The number of carboxylic acid groups (broad SMARTS) is 1. The van der Waals surface area contributed by atoms with Crippen LogP contribution in [0.3, 0.4) is 0 Å². The van der Waals surface area contributed by atoms with E-state index in [1.165, 1.54) is 4.90 Å². The van der Waals surface area contributed by atoms with Crippen LogP contribution in [0.15, 0.2) is 0 Å². The van der Waals surface area contributed by atoms with Crippen LogP contribution >= 0.6 is 0 Å². The van der Waals surface area contributed by atoms with Gasteiger partial charge in [0.05, 0.1) is 0 Å². The summed E-state index contributed by atoms with van der Waals surface area (Å²) in [5.74, 6) is -1.01. The molecule has 1 fully saturated rings. The Kier molecular flexibility index (Phi) is 4.37. The number of carboxylic acids is 1. The van der Waals surface area contributed by atoms with Gasteiger partial charge in [-0.2, -0.15) is 0 Å². The van der Waals surface area contributed by atoms with Gasteiger partial charge in [-0.1, -0.05) is 6.92 Å². The lowest BCUT2D eigenvalue weighted by molar-refractivity contribution is -0.162. The maximum absolute atomic E-state index is 12.6. The van der Waals surface area contributed by atoms with Gasteiger partial charge in [0, 0.05) is 12.0 Å². The topological polar surface area (TPSA) is 69.6 Å². The first-order chi connectivity index (χ1) is 8.25. The van der Waals surface area contributed by atoms with Gasteiger partial charge >= 0.3 is 5.97 Å². The predicted octanol–water partition coefficient (Wildman–Crippen LogP) is 1.09. The fourth-order valence-electron chi connectivity index (χ4n) is 2.43. The van der Waals surface area contributed by atoms with Crippen molar-refractivity contribution in [2.75, 3.05) is 19.6 Å². The van der Waals surface area contributed by atoms with Gasteiger partial charge in [-0.15, -0.1) is 0 Å². The molecule has 5 heteroatoms. The molecule has 1 heterocycles. The van der Waals surface area contributed by atoms with Crippen LogP contribution in [0.1, 0.15) is 40.5 Å². The molecule has 0 aromatic carbocycles. The Morgan fingerprint density at radius 3 is 2.22 bits per heavy atom. The van der Waals surface area contributed by atoms with Crippen molar-refractivity contribution in [1.82, 2.24) is 10.2 Å². The fourth-order valence-corrected chi connectivity index (χ4v) is 2.43. The zero-order valence-corrected chi connectivity index (χ0v) is 11.7. The minimum absolute atomic E-state index is 0.0427. The summed E-state index contributed by atoms with van der Waals surface area (Å²) in [4.78, 5) is 25.4. The second-order valence-corrected chi connectivity index (χ2v) is 5.72.